The van der Waals surface area contributed by atoms with E-state index in [1.54, 1.807) is 24.3 Å². The summed E-state index contributed by atoms with van der Waals surface area (Å²) in [5, 5.41) is 2.77. The quantitative estimate of drug-likeness (QED) is 0.857. The molecule has 1 N–H and O–H groups in total. The number of amides is 1. The van der Waals surface area contributed by atoms with Gasteiger partial charge in [0, 0.05) is 18.4 Å². The molecule has 0 saturated heterocycles. The van der Waals surface area contributed by atoms with Crippen molar-refractivity contribution in [2.24, 2.45) is 0 Å². The molecule has 0 heterocycles. The molecule has 4 heteroatoms. The fourth-order valence-electron chi connectivity index (χ4n) is 2.05. The van der Waals surface area contributed by atoms with Gasteiger partial charge in [-0.2, -0.15) is 0 Å². The molecule has 0 aliphatic carbocycles. The maximum absolute atomic E-state index is 12.3. The minimum atomic E-state index is -0.688. The number of benzene rings is 2. The number of carbonyl (C=O) groups excluding carboxylic acids is 2. The van der Waals surface area contributed by atoms with Crippen molar-refractivity contribution in [2.75, 3.05) is 12.4 Å². The monoisotopic (exact) mass is 283 g/mol. The second-order valence-corrected chi connectivity index (χ2v) is 4.65. The average Bonchev–Trinajstić information content (AvgIpc) is 2.49. The maximum atomic E-state index is 12.3. The molecule has 0 aliphatic rings. The van der Waals surface area contributed by atoms with Gasteiger partial charge < -0.3 is 10.1 Å². The van der Waals surface area contributed by atoms with E-state index in [-0.39, 0.29) is 11.7 Å². The lowest BCUT2D eigenvalue weighted by atomic mass is 10.1. The van der Waals surface area contributed by atoms with Crippen LogP contribution in [0.2, 0.25) is 0 Å². The Morgan fingerprint density at radius 1 is 1.05 bits per heavy atom. The Morgan fingerprint density at radius 3 is 2.38 bits per heavy atom. The second-order valence-electron chi connectivity index (χ2n) is 4.65. The molecule has 2 rings (SSSR count). The molecule has 0 saturated carbocycles. The van der Waals surface area contributed by atoms with E-state index in [9.17, 15) is 9.59 Å². The number of rotatable bonds is 5. The molecule has 0 bridgehead atoms. The van der Waals surface area contributed by atoms with Crippen molar-refractivity contribution in [3.05, 3.63) is 65.7 Å². The van der Waals surface area contributed by atoms with E-state index >= 15 is 0 Å². The van der Waals surface area contributed by atoms with Crippen LogP contribution in [0.3, 0.4) is 0 Å². The summed E-state index contributed by atoms with van der Waals surface area (Å²) in [7, 11) is 1.49. The standard InChI is InChI=1S/C17H17NO3/c1-12(19)14-9-6-10-15(11-14)18-17(20)16(21-2)13-7-4-3-5-8-13/h3-11,16H,1-2H3,(H,18,20)/t16-/m0/s1. The first-order valence-corrected chi connectivity index (χ1v) is 6.61. The summed E-state index contributed by atoms with van der Waals surface area (Å²) in [6.07, 6.45) is -0.688. The molecule has 21 heavy (non-hydrogen) atoms. The third kappa shape index (κ3) is 3.77. The number of ketones is 1. The molecule has 4 nitrogen and oxygen atoms in total. The minimum absolute atomic E-state index is 0.0440. The summed E-state index contributed by atoms with van der Waals surface area (Å²) in [5.74, 6) is -0.318. The number of methoxy groups -OCH3 is 1. The third-order valence-corrected chi connectivity index (χ3v) is 3.11. The summed E-state index contributed by atoms with van der Waals surface area (Å²) in [6, 6.07) is 16.1. The third-order valence-electron chi connectivity index (χ3n) is 3.11. The van der Waals surface area contributed by atoms with Crippen LogP contribution in [0, 0.1) is 0 Å². The Bertz CT molecular complexity index is 637. The Morgan fingerprint density at radius 2 is 1.76 bits per heavy atom. The molecule has 108 valence electrons. The molecule has 0 radical (unpaired) electrons. The van der Waals surface area contributed by atoms with Gasteiger partial charge in [0.1, 0.15) is 0 Å². The molecule has 0 aromatic heterocycles. The van der Waals surface area contributed by atoms with Crippen molar-refractivity contribution in [3.8, 4) is 0 Å². The zero-order valence-corrected chi connectivity index (χ0v) is 12.0. The lowest BCUT2D eigenvalue weighted by molar-refractivity contribution is -0.126. The Balaban J connectivity index is 2.16. The van der Waals surface area contributed by atoms with E-state index in [0.717, 1.165) is 5.56 Å². The first-order valence-electron chi connectivity index (χ1n) is 6.61. The van der Waals surface area contributed by atoms with Crippen LogP contribution in [0.25, 0.3) is 0 Å². The normalized spacial score (nSPS) is 11.7. The van der Waals surface area contributed by atoms with Crippen molar-refractivity contribution >= 4 is 17.4 Å². The van der Waals surface area contributed by atoms with Gasteiger partial charge in [-0.25, -0.2) is 0 Å². The summed E-state index contributed by atoms with van der Waals surface area (Å²) < 4.78 is 5.27. The van der Waals surface area contributed by atoms with Crippen LogP contribution < -0.4 is 5.32 Å². The van der Waals surface area contributed by atoms with Crippen LogP contribution in [-0.4, -0.2) is 18.8 Å². The SMILES string of the molecule is CO[C@H](C(=O)Nc1cccc(C(C)=O)c1)c1ccccc1. The van der Waals surface area contributed by atoms with E-state index in [1.807, 2.05) is 30.3 Å². The van der Waals surface area contributed by atoms with Crippen molar-refractivity contribution in [1.29, 1.82) is 0 Å². The van der Waals surface area contributed by atoms with Crippen molar-refractivity contribution in [1.82, 2.24) is 0 Å². The molecule has 2 aromatic carbocycles. The zero-order valence-electron chi connectivity index (χ0n) is 12.0. The molecule has 0 aliphatic heterocycles. The molecule has 1 amide bonds. The lowest BCUT2D eigenvalue weighted by Crippen LogP contribution is -2.22. The molecule has 2 aromatic rings. The van der Waals surface area contributed by atoms with E-state index < -0.39 is 6.10 Å². The predicted molar refractivity (Wildman–Crippen MR) is 81.3 cm³/mol. The highest BCUT2D eigenvalue weighted by atomic mass is 16.5. The number of anilines is 1. The summed E-state index contributed by atoms with van der Waals surface area (Å²) in [6.45, 7) is 1.49. The number of carbonyl (C=O) groups is 2. The molecule has 0 fully saturated rings. The van der Waals surface area contributed by atoms with Crippen LogP contribution in [0.5, 0.6) is 0 Å². The fraction of sp³-hybridized carbons (Fsp3) is 0.176. The zero-order chi connectivity index (χ0) is 15.2. The molecular formula is C17H17NO3. The van der Waals surface area contributed by atoms with E-state index in [1.165, 1.54) is 14.0 Å². The van der Waals surface area contributed by atoms with Crippen LogP contribution in [0.4, 0.5) is 5.69 Å². The highest BCUT2D eigenvalue weighted by Crippen LogP contribution is 2.19. The smallest absolute Gasteiger partial charge is 0.258 e. The van der Waals surface area contributed by atoms with Gasteiger partial charge in [-0.15, -0.1) is 0 Å². The topological polar surface area (TPSA) is 55.4 Å². The molecule has 0 unspecified atom stereocenters. The van der Waals surface area contributed by atoms with Crippen LogP contribution >= 0.6 is 0 Å². The van der Waals surface area contributed by atoms with Gasteiger partial charge in [-0.3, -0.25) is 9.59 Å². The first-order chi connectivity index (χ1) is 10.1. The number of hydrogen-bond acceptors (Lipinski definition) is 3. The summed E-state index contributed by atoms with van der Waals surface area (Å²) >= 11 is 0. The van der Waals surface area contributed by atoms with Gasteiger partial charge in [0.25, 0.3) is 5.91 Å². The molecule has 1 atom stereocenters. The van der Waals surface area contributed by atoms with Crippen LogP contribution in [0.15, 0.2) is 54.6 Å². The molecule has 0 spiro atoms. The van der Waals surface area contributed by atoms with Crippen molar-refractivity contribution < 1.29 is 14.3 Å². The van der Waals surface area contributed by atoms with Crippen LogP contribution in [0.1, 0.15) is 28.9 Å². The van der Waals surface area contributed by atoms with Gasteiger partial charge >= 0.3 is 0 Å². The van der Waals surface area contributed by atoms with Crippen molar-refractivity contribution in [2.45, 2.75) is 13.0 Å². The van der Waals surface area contributed by atoms with Gasteiger partial charge in [-0.05, 0) is 24.6 Å². The van der Waals surface area contributed by atoms with Gasteiger partial charge in [0.2, 0.25) is 0 Å². The van der Waals surface area contributed by atoms with E-state index in [0.29, 0.717) is 11.3 Å². The number of nitrogens with one attached hydrogen (secondary N) is 1. The minimum Gasteiger partial charge on any atom is -0.367 e. The highest BCUT2D eigenvalue weighted by molar-refractivity contribution is 5.98. The van der Waals surface area contributed by atoms with E-state index in [2.05, 4.69) is 5.32 Å². The number of Topliss-reactive ketones (excluding diaryl/α,β-unsaturated/α-hetero) is 1. The summed E-state index contributed by atoms with van der Waals surface area (Å²) in [4.78, 5) is 23.7. The second kappa shape index (κ2) is 6.81. The Kier molecular flexibility index (Phi) is 4.85. The average molecular weight is 283 g/mol. The van der Waals surface area contributed by atoms with E-state index in [4.69, 9.17) is 4.74 Å². The predicted octanol–water partition coefficient (Wildman–Crippen LogP) is 3.22. The lowest BCUT2D eigenvalue weighted by Gasteiger charge is -2.15. The van der Waals surface area contributed by atoms with Gasteiger partial charge in [0.15, 0.2) is 11.9 Å². The molecular weight excluding hydrogens is 266 g/mol. The Hall–Kier alpha value is -2.46. The first kappa shape index (κ1) is 14.9. The summed E-state index contributed by atoms with van der Waals surface area (Å²) in [5.41, 5.74) is 1.91. The number of ether oxygens (including phenoxy) is 1. The maximum Gasteiger partial charge on any atom is 0.258 e. The Labute approximate surface area is 123 Å². The highest BCUT2D eigenvalue weighted by Gasteiger charge is 2.19. The van der Waals surface area contributed by atoms with Gasteiger partial charge in [0.05, 0.1) is 0 Å². The van der Waals surface area contributed by atoms with Crippen molar-refractivity contribution in [3.63, 3.8) is 0 Å². The van der Waals surface area contributed by atoms with Crippen LogP contribution in [-0.2, 0) is 9.53 Å². The largest absolute Gasteiger partial charge is 0.367 e. The fourth-order valence-corrected chi connectivity index (χ4v) is 2.05. The van der Waals surface area contributed by atoms with Gasteiger partial charge in [-0.1, -0.05) is 42.5 Å². The number of hydrogen-bond donors (Lipinski definition) is 1.